The van der Waals surface area contributed by atoms with Crippen molar-refractivity contribution in [1.82, 2.24) is 4.90 Å². The topological polar surface area (TPSA) is 114 Å². The number of aryl methyl sites for hydroxylation is 1. The van der Waals surface area contributed by atoms with Crippen LogP contribution in [-0.2, 0) is 19.1 Å². The van der Waals surface area contributed by atoms with Crippen molar-refractivity contribution in [2.24, 2.45) is 5.92 Å². The predicted molar refractivity (Wildman–Crippen MR) is 126 cm³/mol. The van der Waals surface area contributed by atoms with E-state index in [-0.39, 0.29) is 38.3 Å². The molecular weight excluding hydrogens is 452 g/mol. The van der Waals surface area contributed by atoms with Gasteiger partial charge >= 0.3 is 5.97 Å². The van der Waals surface area contributed by atoms with E-state index in [0.717, 1.165) is 10.4 Å². The highest BCUT2D eigenvalue weighted by molar-refractivity contribution is 7.10. The average molecular weight is 479 g/mol. The summed E-state index contributed by atoms with van der Waals surface area (Å²) in [6, 6.07) is 14.8. The number of hydrogen-bond acceptors (Lipinski definition) is 7. The van der Waals surface area contributed by atoms with Crippen LogP contribution in [0.1, 0.15) is 42.2 Å². The number of amides is 2. The van der Waals surface area contributed by atoms with Gasteiger partial charge in [0.05, 0.1) is 36.9 Å². The number of hydrogen-bond donors (Lipinski definition) is 0. The fraction of sp³-hybridized carbons (Fsp3) is 0.400. The normalized spacial score (nSPS) is 17.5. The number of carbonyl (C=O) groups excluding carboxylic acids is 3. The van der Waals surface area contributed by atoms with E-state index in [0.29, 0.717) is 12.1 Å². The van der Waals surface area contributed by atoms with Crippen molar-refractivity contribution in [2.45, 2.75) is 38.6 Å². The molecule has 1 saturated heterocycles. The predicted octanol–water partition coefficient (Wildman–Crippen LogP) is 3.74. The summed E-state index contributed by atoms with van der Waals surface area (Å²) in [6.45, 7) is 1.84. The monoisotopic (exact) mass is 478 g/mol. The van der Waals surface area contributed by atoms with E-state index in [2.05, 4.69) is 0 Å². The van der Waals surface area contributed by atoms with Crippen molar-refractivity contribution in [2.75, 3.05) is 24.6 Å². The van der Waals surface area contributed by atoms with Crippen LogP contribution in [0.5, 0.6) is 0 Å². The Bertz CT molecular complexity index is 1070. The maximum absolute atomic E-state index is 13.2. The van der Waals surface area contributed by atoms with Crippen molar-refractivity contribution >= 4 is 34.8 Å². The molecule has 176 valence electrons. The first-order chi connectivity index (χ1) is 16.5. The van der Waals surface area contributed by atoms with Gasteiger partial charge < -0.3 is 14.5 Å². The first kappa shape index (κ1) is 24.9. The largest absolute Gasteiger partial charge is 0.455 e. The second kappa shape index (κ2) is 12.0. The lowest BCUT2D eigenvalue weighted by Gasteiger charge is -2.39. The summed E-state index contributed by atoms with van der Waals surface area (Å²) in [5.74, 6) is -1.69. The van der Waals surface area contributed by atoms with Gasteiger partial charge in [-0.25, -0.2) is 0 Å². The summed E-state index contributed by atoms with van der Waals surface area (Å²) >= 11 is 1.46. The number of esters is 1. The minimum absolute atomic E-state index is 0.0680. The molecule has 2 heterocycles. The van der Waals surface area contributed by atoms with Crippen molar-refractivity contribution in [3.05, 3.63) is 52.2 Å². The molecule has 1 aliphatic heterocycles. The number of rotatable bonds is 9. The Morgan fingerprint density at radius 2 is 1.82 bits per heavy atom. The third kappa shape index (κ3) is 6.00. The van der Waals surface area contributed by atoms with Crippen LogP contribution in [0.25, 0.3) is 0 Å². The van der Waals surface area contributed by atoms with E-state index >= 15 is 0 Å². The van der Waals surface area contributed by atoms with E-state index in [1.807, 2.05) is 60.8 Å². The maximum atomic E-state index is 13.2. The van der Waals surface area contributed by atoms with Gasteiger partial charge in [0.25, 0.3) is 5.91 Å². The molecule has 0 radical (unpaired) electrons. The Hall–Kier alpha value is -3.69. The highest BCUT2D eigenvalue weighted by Crippen LogP contribution is 2.42. The van der Waals surface area contributed by atoms with Crippen LogP contribution >= 0.6 is 11.3 Å². The molecule has 1 fully saturated rings. The number of ether oxygens (including phenoxy) is 1. The summed E-state index contributed by atoms with van der Waals surface area (Å²) in [7, 11) is 0. The van der Waals surface area contributed by atoms with Crippen LogP contribution in [-0.4, -0.2) is 42.4 Å². The smallest absolute Gasteiger partial charge is 0.311 e. The van der Waals surface area contributed by atoms with Gasteiger partial charge in [0.15, 0.2) is 6.61 Å². The number of thiophene rings is 1. The summed E-state index contributed by atoms with van der Waals surface area (Å²) < 4.78 is 5.42. The van der Waals surface area contributed by atoms with E-state index in [9.17, 15) is 14.4 Å². The van der Waals surface area contributed by atoms with Gasteiger partial charge in [-0.15, -0.1) is 11.3 Å². The molecule has 1 aliphatic rings. The van der Waals surface area contributed by atoms with Crippen LogP contribution in [0.4, 0.5) is 5.69 Å². The SMILES string of the molecule is Cc1ccc(N2C(=O)CCC(C(=O)OCC(=O)N(CCC#N)CCC#N)C2c2cccs2)cc1. The molecular formula is C25H26N4O4S. The molecule has 2 amide bonds. The quantitative estimate of drug-likeness (QED) is 0.507. The van der Waals surface area contributed by atoms with Gasteiger partial charge in [0.1, 0.15) is 0 Å². The summed E-state index contributed by atoms with van der Waals surface area (Å²) in [6.07, 6.45) is 0.771. The van der Waals surface area contributed by atoms with Gasteiger partial charge in [0.2, 0.25) is 5.91 Å². The van der Waals surface area contributed by atoms with E-state index < -0.39 is 30.4 Å². The Kier molecular flexibility index (Phi) is 8.78. The number of benzene rings is 1. The Balaban J connectivity index is 1.78. The number of nitriles is 2. The minimum atomic E-state index is -0.628. The molecule has 0 aliphatic carbocycles. The molecule has 0 bridgehead atoms. The van der Waals surface area contributed by atoms with E-state index in [1.54, 1.807) is 4.90 Å². The summed E-state index contributed by atoms with van der Waals surface area (Å²) in [5.41, 5.74) is 1.77. The van der Waals surface area contributed by atoms with Crippen LogP contribution in [0.15, 0.2) is 41.8 Å². The standard InChI is InChI=1S/C25H26N4O4S/c1-18-6-8-19(9-7-18)29-22(30)11-10-20(24(29)21-5-2-16-34-21)25(32)33-17-23(31)28(14-3-12-26)15-4-13-27/h2,5-9,16,20,24H,3-4,10-11,14-15,17H2,1H3. The molecule has 34 heavy (non-hydrogen) atoms. The fourth-order valence-electron chi connectivity index (χ4n) is 4.00. The van der Waals surface area contributed by atoms with Crippen molar-refractivity contribution in [3.63, 3.8) is 0 Å². The minimum Gasteiger partial charge on any atom is -0.455 e. The van der Waals surface area contributed by atoms with Gasteiger partial charge in [-0.1, -0.05) is 23.8 Å². The molecule has 2 aromatic rings. The van der Waals surface area contributed by atoms with Gasteiger partial charge in [-0.3, -0.25) is 14.4 Å². The average Bonchev–Trinajstić information content (AvgIpc) is 3.37. The fourth-order valence-corrected chi connectivity index (χ4v) is 4.88. The zero-order chi connectivity index (χ0) is 24.5. The Labute approximate surface area is 203 Å². The van der Waals surface area contributed by atoms with E-state index in [4.69, 9.17) is 15.3 Å². The van der Waals surface area contributed by atoms with Crippen molar-refractivity contribution < 1.29 is 19.1 Å². The number of carbonyl (C=O) groups is 3. The van der Waals surface area contributed by atoms with Gasteiger partial charge in [0, 0.05) is 30.1 Å². The summed E-state index contributed by atoms with van der Waals surface area (Å²) in [5, 5.41) is 19.5. The Morgan fingerprint density at radius 3 is 2.41 bits per heavy atom. The number of piperidine rings is 1. The molecule has 0 N–H and O–H groups in total. The third-order valence-corrected chi connectivity index (χ3v) is 6.67. The molecule has 2 atom stereocenters. The van der Waals surface area contributed by atoms with Gasteiger partial charge in [-0.05, 0) is 36.9 Å². The second-order valence-electron chi connectivity index (χ2n) is 8.01. The number of nitrogens with zero attached hydrogens (tertiary/aromatic N) is 4. The molecule has 2 unspecified atom stereocenters. The Morgan fingerprint density at radius 1 is 1.15 bits per heavy atom. The maximum Gasteiger partial charge on any atom is 0.311 e. The lowest BCUT2D eigenvalue weighted by Crippen LogP contribution is -2.46. The molecule has 1 aromatic carbocycles. The van der Waals surface area contributed by atoms with Crippen LogP contribution in [0, 0.1) is 35.5 Å². The lowest BCUT2D eigenvalue weighted by molar-refractivity contribution is -0.157. The third-order valence-electron chi connectivity index (χ3n) is 5.72. The van der Waals surface area contributed by atoms with Crippen molar-refractivity contribution in [3.8, 4) is 12.1 Å². The zero-order valence-electron chi connectivity index (χ0n) is 19.0. The lowest BCUT2D eigenvalue weighted by atomic mass is 9.87. The molecule has 0 spiro atoms. The van der Waals surface area contributed by atoms with Crippen molar-refractivity contribution in [1.29, 1.82) is 10.5 Å². The molecule has 8 nitrogen and oxygen atoms in total. The molecule has 9 heteroatoms. The molecule has 0 saturated carbocycles. The van der Waals surface area contributed by atoms with Crippen LogP contribution in [0.2, 0.25) is 0 Å². The van der Waals surface area contributed by atoms with Gasteiger partial charge in [-0.2, -0.15) is 10.5 Å². The molecule has 3 rings (SSSR count). The van der Waals surface area contributed by atoms with Crippen LogP contribution in [0.3, 0.4) is 0 Å². The zero-order valence-corrected chi connectivity index (χ0v) is 19.8. The first-order valence-electron chi connectivity index (χ1n) is 11.1. The van der Waals surface area contributed by atoms with E-state index in [1.165, 1.54) is 16.2 Å². The second-order valence-corrected chi connectivity index (χ2v) is 8.99. The molecule has 1 aromatic heterocycles. The summed E-state index contributed by atoms with van der Waals surface area (Å²) in [4.78, 5) is 42.6. The highest BCUT2D eigenvalue weighted by Gasteiger charge is 2.43. The number of anilines is 1. The highest BCUT2D eigenvalue weighted by atomic mass is 32.1. The van der Waals surface area contributed by atoms with Crippen LogP contribution < -0.4 is 4.90 Å². The first-order valence-corrected chi connectivity index (χ1v) is 11.9.